The molecule has 0 bridgehead atoms. The normalized spacial score (nSPS) is 19.8. The number of hydrogen-bond acceptors (Lipinski definition) is 6. The average molecular weight is 562 g/mol. The van der Waals surface area contributed by atoms with Crippen molar-refractivity contribution >= 4 is 17.5 Å². The van der Waals surface area contributed by atoms with Crippen molar-refractivity contribution < 1.29 is 19.1 Å². The van der Waals surface area contributed by atoms with E-state index in [2.05, 4.69) is 38.1 Å². The van der Waals surface area contributed by atoms with E-state index in [1.54, 1.807) is 29.5 Å². The Kier molecular flexibility index (Phi) is 6.84. The number of allylic oxidation sites excluding steroid dienone is 4. The van der Waals surface area contributed by atoms with Crippen molar-refractivity contribution in [3.8, 4) is 11.5 Å². The summed E-state index contributed by atoms with van der Waals surface area (Å²) in [5.41, 5.74) is 6.24. The van der Waals surface area contributed by atoms with E-state index in [4.69, 9.17) is 4.74 Å². The number of pyridine rings is 1. The number of para-hydroxylation sites is 2. The number of nitrogens with one attached hydrogen (secondary N) is 1. The largest absolute Gasteiger partial charge is 0.457 e. The van der Waals surface area contributed by atoms with Crippen molar-refractivity contribution in [1.29, 1.82) is 0 Å². The molecule has 2 aromatic carbocycles. The van der Waals surface area contributed by atoms with Crippen LogP contribution in [0.2, 0.25) is 0 Å². The molecule has 2 heterocycles. The van der Waals surface area contributed by atoms with Crippen molar-refractivity contribution in [2.45, 2.75) is 59.3 Å². The van der Waals surface area contributed by atoms with Crippen LogP contribution in [0.15, 0.2) is 102 Å². The Morgan fingerprint density at radius 2 is 1.33 bits per heavy atom. The molecule has 42 heavy (non-hydrogen) atoms. The number of benzene rings is 2. The first-order chi connectivity index (χ1) is 20.0. The monoisotopic (exact) mass is 561 g/mol. The molecule has 1 aromatic heterocycles. The first-order valence-corrected chi connectivity index (χ1v) is 14.4. The van der Waals surface area contributed by atoms with Gasteiger partial charge >= 0.3 is 0 Å². The Balaban J connectivity index is 1.56. The SMILES string of the molecule is CC1(C)CC(=O)C2=C(C1)N(NC(=O)c1ccncc1)C1=C(C(=O)CC(C)(C)C1)C2c1ccccc1Oc1ccccc1. The number of ether oxygens (including phenoxy) is 1. The molecule has 0 saturated heterocycles. The van der Waals surface area contributed by atoms with Crippen LogP contribution in [0.4, 0.5) is 0 Å². The molecule has 0 fully saturated rings. The quantitative estimate of drug-likeness (QED) is 0.364. The molecule has 0 spiro atoms. The van der Waals surface area contributed by atoms with E-state index >= 15 is 0 Å². The first kappa shape index (κ1) is 27.6. The van der Waals surface area contributed by atoms with Crippen LogP contribution in [-0.4, -0.2) is 27.5 Å². The van der Waals surface area contributed by atoms with Gasteiger partial charge in [0.25, 0.3) is 5.91 Å². The van der Waals surface area contributed by atoms with Crippen molar-refractivity contribution in [2.75, 3.05) is 0 Å². The third-order valence-electron chi connectivity index (χ3n) is 8.27. The maximum atomic E-state index is 14.1. The van der Waals surface area contributed by atoms with Crippen LogP contribution >= 0.6 is 0 Å². The highest BCUT2D eigenvalue weighted by Crippen LogP contribution is 2.55. The molecule has 0 radical (unpaired) electrons. The molecule has 1 amide bonds. The van der Waals surface area contributed by atoms with Crippen molar-refractivity contribution in [3.63, 3.8) is 0 Å². The van der Waals surface area contributed by atoms with Gasteiger partial charge < -0.3 is 4.74 Å². The number of ketones is 2. The van der Waals surface area contributed by atoms with Gasteiger partial charge in [-0.25, -0.2) is 0 Å². The molecular formula is C35H35N3O4. The standard InChI is InChI=1S/C35H35N3O4/c1-34(2)18-25-31(27(39)20-34)30(24-12-8-9-13-29(24)42-23-10-6-5-7-11-23)32-26(19-35(3,4)21-28(32)40)38(25)37-33(41)22-14-16-36-17-15-22/h5-17,30H,18-21H2,1-4H3,(H,37,41). The summed E-state index contributed by atoms with van der Waals surface area (Å²) < 4.78 is 6.37. The molecule has 3 aromatic rings. The Morgan fingerprint density at radius 3 is 1.93 bits per heavy atom. The van der Waals surface area contributed by atoms with Gasteiger partial charge in [0.1, 0.15) is 11.5 Å². The number of carbonyl (C=O) groups is 3. The molecule has 3 aliphatic rings. The molecule has 0 saturated carbocycles. The summed E-state index contributed by atoms with van der Waals surface area (Å²) in [5.74, 6) is 0.297. The number of hydrazine groups is 1. The second-order valence-electron chi connectivity index (χ2n) is 13.0. The molecule has 0 atom stereocenters. The Morgan fingerprint density at radius 1 is 0.786 bits per heavy atom. The van der Waals surface area contributed by atoms with Crippen LogP contribution in [0, 0.1) is 10.8 Å². The first-order valence-electron chi connectivity index (χ1n) is 14.4. The zero-order chi connectivity index (χ0) is 29.6. The predicted octanol–water partition coefficient (Wildman–Crippen LogP) is 6.90. The van der Waals surface area contributed by atoms with Gasteiger partial charge in [0, 0.05) is 64.8 Å². The van der Waals surface area contributed by atoms with Crippen LogP contribution in [0.5, 0.6) is 11.5 Å². The third kappa shape index (κ3) is 5.15. The van der Waals surface area contributed by atoms with Crippen LogP contribution in [-0.2, 0) is 9.59 Å². The maximum Gasteiger partial charge on any atom is 0.270 e. The number of Topliss-reactive ketones (excluding diaryl/α,β-unsaturated/α-hetero) is 2. The molecule has 214 valence electrons. The van der Waals surface area contributed by atoms with E-state index in [9.17, 15) is 14.4 Å². The molecule has 1 N–H and O–H groups in total. The van der Waals surface area contributed by atoms with Crippen LogP contribution in [0.25, 0.3) is 0 Å². The van der Waals surface area contributed by atoms with Gasteiger partial charge in [-0.3, -0.25) is 29.8 Å². The summed E-state index contributed by atoms with van der Waals surface area (Å²) in [4.78, 5) is 45.8. The minimum absolute atomic E-state index is 0.0203. The summed E-state index contributed by atoms with van der Waals surface area (Å²) in [6, 6.07) is 20.4. The highest BCUT2D eigenvalue weighted by atomic mass is 16.5. The fraction of sp³-hybridized carbons (Fsp3) is 0.314. The lowest BCUT2D eigenvalue weighted by atomic mass is 9.64. The lowest BCUT2D eigenvalue weighted by Crippen LogP contribution is -2.50. The van der Waals surface area contributed by atoms with E-state index in [-0.39, 0.29) is 28.3 Å². The summed E-state index contributed by atoms with van der Waals surface area (Å²) in [6.45, 7) is 8.27. The summed E-state index contributed by atoms with van der Waals surface area (Å²) in [6.07, 6.45) is 4.96. The lowest BCUT2D eigenvalue weighted by Gasteiger charge is -2.48. The van der Waals surface area contributed by atoms with Gasteiger partial charge in [0.2, 0.25) is 0 Å². The summed E-state index contributed by atoms with van der Waals surface area (Å²) in [7, 11) is 0. The van der Waals surface area contributed by atoms with Crippen molar-refractivity contribution in [2.24, 2.45) is 10.8 Å². The molecule has 6 rings (SSSR count). The van der Waals surface area contributed by atoms with Crippen LogP contribution in [0.1, 0.15) is 75.2 Å². The number of nitrogens with zero attached hydrogens (tertiary/aromatic N) is 2. The predicted molar refractivity (Wildman–Crippen MR) is 159 cm³/mol. The van der Waals surface area contributed by atoms with E-state index in [0.717, 1.165) is 17.0 Å². The van der Waals surface area contributed by atoms with E-state index in [1.807, 2.05) is 54.6 Å². The molecular weight excluding hydrogens is 526 g/mol. The Hall–Kier alpha value is -4.52. The topological polar surface area (TPSA) is 88.6 Å². The molecule has 7 heteroatoms. The van der Waals surface area contributed by atoms with E-state index < -0.39 is 5.92 Å². The van der Waals surface area contributed by atoms with E-state index in [1.165, 1.54) is 0 Å². The zero-order valence-electron chi connectivity index (χ0n) is 24.4. The number of aromatic nitrogens is 1. The van der Waals surface area contributed by atoms with Gasteiger partial charge in [-0.1, -0.05) is 64.1 Å². The van der Waals surface area contributed by atoms with Gasteiger partial charge in [0.05, 0.1) is 0 Å². The minimum atomic E-state index is -0.601. The van der Waals surface area contributed by atoms with Gasteiger partial charge in [0.15, 0.2) is 11.6 Å². The third-order valence-corrected chi connectivity index (χ3v) is 8.27. The highest BCUT2D eigenvalue weighted by molar-refractivity contribution is 6.07. The van der Waals surface area contributed by atoms with Crippen molar-refractivity contribution in [3.05, 3.63) is 113 Å². The Labute approximate surface area is 246 Å². The fourth-order valence-electron chi connectivity index (χ4n) is 6.51. The average Bonchev–Trinajstić information content (AvgIpc) is 2.94. The van der Waals surface area contributed by atoms with Crippen LogP contribution < -0.4 is 10.2 Å². The van der Waals surface area contributed by atoms with Gasteiger partial charge in [-0.2, -0.15) is 0 Å². The van der Waals surface area contributed by atoms with Gasteiger partial charge in [-0.15, -0.1) is 0 Å². The van der Waals surface area contributed by atoms with Crippen LogP contribution in [0.3, 0.4) is 0 Å². The van der Waals surface area contributed by atoms with E-state index in [0.29, 0.717) is 53.9 Å². The number of amides is 1. The molecule has 7 nitrogen and oxygen atoms in total. The maximum absolute atomic E-state index is 14.1. The number of hydrogen-bond donors (Lipinski definition) is 1. The smallest absolute Gasteiger partial charge is 0.270 e. The van der Waals surface area contributed by atoms with Gasteiger partial charge in [-0.05, 0) is 54.0 Å². The number of carbonyl (C=O) groups excluding carboxylic acids is 3. The number of rotatable bonds is 5. The zero-order valence-corrected chi connectivity index (χ0v) is 24.4. The molecule has 0 unspecified atom stereocenters. The lowest BCUT2D eigenvalue weighted by molar-refractivity contribution is -0.119. The van der Waals surface area contributed by atoms with Crippen molar-refractivity contribution in [1.82, 2.24) is 15.4 Å². The summed E-state index contributed by atoms with van der Waals surface area (Å²) in [5, 5.41) is 1.77. The molecule has 1 aliphatic heterocycles. The molecule has 2 aliphatic carbocycles. The second kappa shape index (κ2) is 10.4. The Bertz CT molecular complexity index is 1580. The summed E-state index contributed by atoms with van der Waals surface area (Å²) >= 11 is 0. The fourth-order valence-corrected chi connectivity index (χ4v) is 6.51. The second-order valence-corrected chi connectivity index (χ2v) is 13.0. The minimum Gasteiger partial charge on any atom is -0.457 e. The highest BCUT2D eigenvalue weighted by Gasteiger charge is 2.50.